The van der Waals surface area contributed by atoms with Crippen LogP contribution in [0.3, 0.4) is 0 Å². The molecule has 5 heavy (non-hydrogen) atoms. The van der Waals surface area contributed by atoms with Gasteiger partial charge in [-0.15, -0.1) is 0 Å². The van der Waals surface area contributed by atoms with E-state index in [1.54, 1.807) is 0 Å². The zero-order chi connectivity index (χ0) is 0. The summed E-state index contributed by atoms with van der Waals surface area (Å²) in [4.78, 5) is 0. The van der Waals surface area contributed by atoms with Crippen molar-refractivity contribution in [3.05, 3.63) is 12.3 Å². The monoisotopic (exact) mass is 201 g/mol. The van der Waals surface area contributed by atoms with E-state index in [2.05, 4.69) is 0 Å². The van der Waals surface area contributed by atoms with E-state index in [9.17, 15) is 0 Å². The Bertz CT molecular complexity index is 7.61. The van der Waals surface area contributed by atoms with Gasteiger partial charge in [-0.05, 0) is 0 Å². The van der Waals surface area contributed by atoms with Crippen LogP contribution in [0.15, 0.2) is 0 Å². The van der Waals surface area contributed by atoms with Gasteiger partial charge in [-0.2, -0.15) is 19.8 Å². The third-order valence-electron chi connectivity index (χ3n) is 0. The molecule has 2 radical (unpaired) electrons. The Labute approximate surface area is 52.0 Å². The van der Waals surface area contributed by atoms with Gasteiger partial charge in [0.25, 0.3) is 0 Å². The third kappa shape index (κ3) is 31.8. The van der Waals surface area contributed by atoms with E-state index in [0.29, 0.717) is 0 Å². The van der Waals surface area contributed by atoms with Crippen LogP contribution in [0.25, 0.3) is 12.3 Å². The Morgan fingerprint density at radius 3 is 0.600 bits per heavy atom. The van der Waals surface area contributed by atoms with Gasteiger partial charge < -0.3 is 12.3 Å². The summed E-state index contributed by atoms with van der Waals surface area (Å²) in [5.41, 5.74) is 0. The molecule has 5 heteroatoms. The first kappa shape index (κ1) is 94.9. The van der Waals surface area contributed by atoms with Crippen molar-refractivity contribution in [2.45, 2.75) is 0 Å². The van der Waals surface area contributed by atoms with Crippen molar-refractivity contribution in [1.82, 2.24) is 0 Å². The Hall–Kier alpha value is 1.40. The van der Waals surface area contributed by atoms with Crippen molar-refractivity contribution in [2.24, 2.45) is 0 Å². The molecule has 2 N–H and O–H groups in total. The minimum atomic E-state index is 0. The Kier molecular flexibility index (Phi) is 1010. The van der Waals surface area contributed by atoms with E-state index in [4.69, 9.17) is 0 Å². The van der Waals surface area contributed by atoms with Gasteiger partial charge in [0.1, 0.15) is 0 Å². The van der Waals surface area contributed by atoms with Gasteiger partial charge in [0.2, 0.25) is 0 Å². The number of rotatable bonds is 0. The first-order chi connectivity index (χ1) is 0. The summed E-state index contributed by atoms with van der Waals surface area (Å²) in [6.07, 6.45) is 0. The van der Waals surface area contributed by atoms with Crippen molar-refractivity contribution in [1.29, 1.82) is 0 Å². The molecular weight excluding hydrogens is 191 g/mol. The van der Waals surface area contributed by atoms with Crippen LogP contribution < -0.4 is 0 Å². The molecule has 0 aromatic carbocycles. The van der Waals surface area contributed by atoms with E-state index in [0.717, 1.165) is 0 Å². The standard InChI is InChI=1S/2HN.2H3P.Ru.H/h2*1H;2*1H3;;/q2*-1;;;+2;. The van der Waals surface area contributed by atoms with Gasteiger partial charge >= 0.3 is 19.5 Å². The predicted molar refractivity (Wildman–Crippen MR) is 32.2 cm³/mol. The second-order valence-electron chi connectivity index (χ2n) is 0. The number of nitrogens with one attached hydrogen (secondary N) is 2. The van der Waals surface area contributed by atoms with Crippen molar-refractivity contribution in [3.63, 3.8) is 0 Å². The summed E-state index contributed by atoms with van der Waals surface area (Å²) >= 11 is 0. The van der Waals surface area contributed by atoms with Crippen LogP contribution in [0, 0.1) is 0 Å². The van der Waals surface area contributed by atoms with Crippen molar-refractivity contribution in [3.8, 4) is 0 Å². The quantitative estimate of drug-likeness (QED) is 0.411. The maximum atomic E-state index is 0. The van der Waals surface area contributed by atoms with Crippen LogP contribution in [-0.2, 0) is 19.5 Å². The zero-order valence-electron chi connectivity index (χ0n) is 2.79. The minimum absolute atomic E-state index is 0. The first-order valence-electron chi connectivity index (χ1n) is 0. The molecule has 0 bridgehead atoms. The Morgan fingerprint density at radius 1 is 0.600 bits per heavy atom. The van der Waals surface area contributed by atoms with Gasteiger partial charge in [-0.1, -0.05) is 0 Å². The van der Waals surface area contributed by atoms with Crippen molar-refractivity contribution >= 4 is 19.8 Å². The van der Waals surface area contributed by atoms with Gasteiger partial charge in [0, 0.05) is 0 Å². The van der Waals surface area contributed by atoms with Crippen LogP contribution in [0.5, 0.6) is 0 Å². The molecule has 0 saturated carbocycles. The fraction of sp³-hybridized carbons (Fsp3) is 0. The maximum absolute atomic E-state index is 0. The zero-order valence-corrected chi connectivity index (χ0v) is 7.48. The molecule has 0 heterocycles. The summed E-state index contributed by atoms with van der Waals surface area (Å²) in [7, 11) is 0. The van der Waals surface area contributed by atoms with Crippen LogP contribution in [-0.4, -0.2) is 0 Å². The summed E-state index contributed by atoms with van der Waals surface area (Å²) in [5.74, 6) is 0. The van der Waals surface area contributed by atoms with Gasteiger partial charge in [-0.25, -0.2) is 0 Å². The fourth-order valence-electron chi connectivity index (χ4n) is 0. The van der Waals surface area contributed by atoms with E-state index in [1.165, 1.54) is 0 Å². The molecule has 0 amide bonds. The average molecular weight is 200 g/mol. The van der Waals surface area contributed by atoms with E-state index < -0.39 is 0 Å². The molecule has 0 spiro atoms. The summed E-state index contributed by atoms with van der Waals surface area (Å²) in [6, 6.07) is 0. The Morgan fingerprint density at radius 2 is 0.600 bits per heavy atom. The third-order valence-corrected chi connectivity index (χ3v) is 0. The Balaban J connectivity index is 0. The molecule has 37 valence electrons. The van der Waals surface area contributed by atoms with Crippen LogP contribution in [0.4, 0.5) is 0 Å². The van der Waals surface area contributed by atoms with Crippen LogP contribution >= 0.6 is 19.8 Å². The molecule has 0 aliphatic rings. The molecule has 0 aliphatic heterocycles. The SMILES string of the molecule is P.P.[NH-].[NH-].[RuH+2]. The van der Waals surface area contributed by atoms with Gasteiger partial charge in [0.15, 0.2) is 0 Å². The van der Waals surface area contributed by atoms with Crippen molar-refractivity contribution in [2.75, 3.05) is 0 Å². The van der Waals surface area contributed by atoms with Gasteiger partial charge in [-0.3, -0.25) is 0 Å². The molecule has 2 nitrogen and oxygen atoms in total. The second-order valence-corrected chi connectivity index (χ2v) is 0. The topological polar surface area (TPSA) is 64.0 Å². The van der Waals surface area contributed by atoms with Gasteiger partial charge in [0.05, 0.1) is 0 Å². The average Bonchev–Trinajstić information content (AvgIpc) is 0. The molecule has 0 fully saturated rings. The second kappa shape index (κ2) is 53.2. The molecule has 0 aromatic heterocycles. The molecule has 0 aliphatic carbocycles. The molecule has 2 atom stereocenters. The summed E-state index contributed by atoms with van der Waals surface area (Å²) in [6.45, 7) is 0. The molecular formula is H9N2P2Ru. The fourth-order valence-corrected chi connectivity index (χ4v) is 0. The van der Waals surface area contributed by atoms with E-state index >= 15 is 0 Å². The summed E-state index contributed by atoms with van der Waals surface area (Å²) in [5, 5.41) is 0. The summed E-state index contributed by atoms with van der Waals surface area (Å²) < 4.78 is 0. The van der Waals surface area contributed by atoms with E-state index in [-0.39, 0.29) is 51.6 Å². The molecule has 0 aromatic rings. The number of hydrogen-bond donors (Lipinski definition) is 0. The van der Waals surface area contributed by atoms with Crippen LogP contribution in [0.2, 0.25) is 0 Å². The molecule has 0 rings (SSSR count). The number of hydrogen-bond acceptors (Lipinski definition) is 0. The molecule has 0 saturated heterocycles. The van der Waals surface area contributed by atoms with E-state index in [1.807, 2.05) is 0 Å². The molecule has 2 unspecified atom stereocenters. The normalized spacial score (nSPS) is 0. The van der Waals surface area contributed by atoms with Crippen molar-refractivity contribution < 1.29 is 19.5 Å². The van der Waals surface area contributed by atoms with Crippen LogP contribution in [0.1, 0.15) is 0 Å². The predicted octanol–water partition coefficient (Wildman–Crippen LogP) is 0.852. The first-order valence-corrected chi connectivity index (χ1v) is 0.